The third kappa shape index (κ3) is 4.35. The van der Waals surface area contributed by atoms with E-state index in [-0.39, 0.29) is 0 Å². The summed E-state index contributed by atoms with van der Waals surface area (Å²) in [6.07, 6.45) is -0.424. The van der Waals surface area contributed by atoms with Crippen LogP contribution in [0.5, 0.6) is 5.75 Å². The van der Waals surface area contributed by atoms with Crippen LogP contribution in [-0.2, 0) is 15.3 Å². The molecule has 2 unspecified atom stereocenters. The smallest absolute Gasteiger partial charge is 0.190 e. The van der Waals surface area contributed by atoms with Gasteiger partial charge in [-0.2, -0.15) is 0 Å². The van der Waals surface area contributed by atoms with Crippen molar-refractivity contribution in [2.45, 2.75) is 17.9 Å². The Hall–Kier alpha value is -2.43. The first-order chi connectivity index (χ1) is 12.2. The van der Waals surface area contributed by atoms with Crippen molar-refractivity contribution < 1.29 is 13.1 Å². The Balaban J connectivity index is 1.93. The molecule has 0 aliphatic rings. The number of rotatable bonds is 6. The minimum absolute atomic E-state index is 0.424. The van der Waals surface area contributed by atoms with Gasteiger partial charge in [0.15, 0.2) is 11.1 Å². The molecular formula is C21H20O3S. The van der Waals surface area contributed by atoms with Gasteiger partial charge in [-0.05, 0) is 42.3 Å². The molecule has 0 spiro atoms. The third-order valence-electron chi connectivity index (χ3n) is 3.92. The Kier molecular flexibility index (Phi) is 5.64. The van der Waals surface area contributed by atoms with Crippen LogP contribution >= 0.6 is 0 Å². The molecule has 0 saturated carbocycles. The molecule has 0 radical (unpaired) electrons. The quantitative estimate of drug-likeness (QED) is 0.637. The second kappa shape index (κ2) is 8.10. The third-order valence-corrected chi connectivity index (χ3v) is 4.94. The number of ether oxygens (including phenoxy) is 1. The lowest BCUT2D eigenvalue weighted by atomic mass is 10.0. The van der Waals surface area contributed by atoms with E-state index < -0.39 is 17.2 Å². The molecule has 0 aromatic heterocycles. The van der Waals surface area contributed by atoms with Gasteiger partial charge in [-0.25, -0.2) is 4.21 Å². The van der Waals surface area contributed by atoms with Crippen LogP contribution in [0, 0.1) is 6.92 Å². The van der Waals surface area contributed by atoms with Crippen LogP contribution < -0.4 is 4.74 Å². The van der Waals surface area contributed by atoms with Gasteiger partial charge in [0.1, 0.15) is 11.9 Å². The summed E-state index contributed by atoms with van der Waals surface area (Å²) in [5, 5.41) is 0. The van der Waals surface area contributed by atoms with E-state index in [1.54, 1.807) is 19.2 Å². The molecule has 0 amide bonds. The summed E-state index contributed by atoms with van der Waals surface area (Å²) < 4.78 is 23.8. The standard InChI is InChI=1S/C21H20O3S/c1-16-8-10-17(11-9-16)21(18-12-14-19(23-2)15-13-18)24-25(22)20-6-4-3-5-7-20/h3-15,21H,1-2H3. The summed E-state index contributed by atoms with van der Waals surface area (Å²) in [5.41, 5.74) is 3.05. The van der Waals surface area contributed by atoms with Gasteiger partial charge in [-0.3, -0.25) is 4.18 Å². The van der Waals surface area contributed by atoms with Crippen LogP contribution in [0.1, 0.15) is 22.8 Å². The number of benzene rings is 3. The minimum atomic E-state index is -1.56. The highest BCUT2D eigenvalue weighted by molar-refractivity contribution is 7.80. The average molecular weight is 352 g/mol. The van der Waals surface area contributed by atoms with Crippen molar-refractivity contribution in [1.29, 1.82) is 0 Å². The molecule has 0 bridgehead atoms. The van der Waals surface area contributed by atoms with Crippen molar-refractivity contribution in [2.24, 2.45) is 0 Å². The first-order valence-electron chi connectivity index (χ1n) is 8.02. The fraction of sp³-hybridized carbons (Fsp3) is 0.143. The highest BCUT2D eigenvalue weighted by Gasteiger charge is 2.19. The number of hydrogen-bond acceptors (Lipinski definition) is 3. The van der Waals surface area contributed by atoms with E-state index in [9.17, 15) is 4.21 Å². The predicted molar refractivity (Wildman–Crippen MR) is 100.0 cm³/mol. The van der Waals surface area contributed by atoms with Gasteiger partial charge >= 0.3 is 0 Å². The van der Waals surface area contributed by atoms with E-state index in [2.05, 4.69) is 0 Å². The van der Waals surface area contributed by atoms with Crippen molar-refractivity contribution in [3.05, 3.63) is 95.6 Å². The largest absolute Gasteiger partial charge is 0.497 e. The lowest BCUT2D eigenvalue weighted by Crippen LogP contribution is -2.09. The van der Waals surface area contributed by atoms with E-state index in [0.29, 0.717) is 4.90 Å². The Morgan fingerprint density at radius 3 is 1.92 bits per heavy atom. The molecule has 2 atom stereocenters. The predicted octanol–water partition coefficient (Wildman–Crippen LogP) is 4.83. The summed E-state index contributed by atoms with van der Waals surface area (Å²) in [6.45, 7) is 2.04. The monoisotopic (exact) mass is 352 g/mol. The minimum Gasteiger partial charge on any atom is -0.497 e. The van der Waals surface area contributed by atoms with Gasteiger partial charge in [-0.1, -0.05) is 60.2 Å². The maximum atomic E-state index is 12.7. The van der Waals surface area contributed by atoms with Gasteiger partial charge in [0.05, 0.1) is 12.0 Å². The molecular weight excluding hydrogens is 332 g/mol. The fourth-order valence-corrected chi connectivity index (χ4v) is 3.39. The zero-order chi connectivity index (χ0) is 17.6. The molecule has 3 nitrogen and oxygen atoms in total. The maximum absolute atomic E-state index is 12.7. The van der Waals surface area contributed by atoms with Crippen LogP contribution in [0.3, 0.4) is 0 Å². The van der Waals surface area contributed by atoms with E-state index in [1.165, 1.54) is 5.56 Å². The molecule has 128 valence electrons. The Labute approximate surface area is 150 Å². The first kappa shape index (κ1) is 17.4. The van der Waals surface area contributed by atoms with Crippen LogP contribution in [0.25, 0.3) is 0 Å². The molecule has 3 aromatic rings. The zero-order valence-corrected chi connectivity index (χ0v) is 15.0. The summed E-state index contributed by atoms with van der Waals surface area (Å²) in [7, 11) is 1.63. The second-order valence-electron chi connectivity index (χ2n) is 5.71. The van der Waals surface area contributed by atoms with Crippen LogP contribution in [0.15, 0.2) is 83.8 Å². The number of hydrogen-bond donors (Lipinski definition) is 0. The highest BCUT2D eigenvalue weighted by Crippen LogP contribution is 2.30. The topological polar surface area (TPSA) is 35.5 Å². The molecule has 0 aliphatic carbocycles. The number of aryl methyl sites for hydroxylation is 1. The first-order valence-corrected chi connectivity index (χ1v) is 9.09. The van der Waals surface area contributed by atoms with Gasteiger partial charge in [-0.15, -0.1) is 0 Å². The Morgan fingerprint density at radius 2 is 1.36 bits per heavy atom. The number of methoxy groups -OCH3 is 1. The molecule has 3 aromatic carbocycles. The molecule has 3 rings (SSSR count). The van der Waals surface area contributed by atoms with E-state index in [4.69, 9.17) is 8.92 Å². The molecule has 4 heteroatoms. The Morgan fingerprint density at radius 1 is 0.800 bits per heavy atom. The van der Waals surface area contributed by atoms with Crippen molar-refractivity contribution in [2.75, 3.05) is 7.11 Å². The summed E-state index contributed by atoms with van der Waals surface area (Å²) in [6, 6.07) is 24.9. The zero-order valence-electron chi connectivity index (χ0n) is 14.2. The highest BCUT2D eigenvalue weighted by atomic mass is 32.2. The molecule has 0 N–H and O–H groups in total. The van der Waals surface area contributed by atoms with Gasteiger partial charge in [0.25, 0.3) is 0 Å². The van der Waals surface area contributed by atoms with Gasteiger partial charge < -0.3 is 4.74 Å². The lowest BCUT2D eigenvalue weighted by Gasteiger charge is -2.18. The van der Waals surface area contributed by atoms with Crippen LogP contribution in [-0.4, -0.2) is 11.3 Å². The SMILES string of the molecule is COc1ccc(C(OS(=O)c2ccccc2)c2ccc(C)cc2)cc1. The molecule has 0 aliphatic heterocycles. The molecule has 0 heterocycles. The van der Waals surface area contributed by atoms with E-state index in [1.807, 2.05) is 73.7 Å². The van der Waals surface area contributed by atoms with E-state index >= 15 is 0 Å². The lowest BCUT2D eigenvalue weighted by molar-refractivity contribution is 0.275. The second-order valence-corrected chi connectivity index (χ2v) is 6.84. The van der Waals surface area contributed by atoms with Crippen molar-refractivity contribution >= 4 is 11.1 Å². The van der Waals surface area contributed by atoms with Crippen LogP contribution in [0.4, 0.5) is 0 Å². The average Bonchev–Trinajstić information content (AvgIpc) is 2.67. The molecule has 0 fully saturated rings. The summed E-state index contributed by atoms with van der Waals surface area (Å²) >= 11 is -1.56. The van der Waals surface area contributed by atoms with E-state index in [0.717, 1.165) is 16.9 Å². The summed E-state index contributed by atoms with van der Waals surface area (Å²) in [4.78, 5) is 0.646. The molecule has 0 saturated heterocycles. The van der Waals surface area contributed by atoms with Gasteiger partial charge in [0, 0.05) is 0 Å². The van der Waals surface area contributed by atoms with Crippen molar-refractivity contribution in [1.82, 2.24) is 0 Å². The van der Waals surface area contributed by atoms with Gasteiger partial charge in [0.2, 0.25) is 0 Å². The Bertz CT molecular complexity index is 827. The van der Waals surface area contributed by atoms with Crippen molar-refractivity contribution in [3.63, 3.8) is 0 Å². The fourth-order valence-electron chi connectivity index (χ4n) is 2.50. The maximum Gasteiger partial charge on any atom is 0.190 e. The van der Waals surface area contributed by atoms with Crippen LogP contribution in [0.2, 0.25) is 0 Å². The normalized spacial score (nSPS) is 13.2. The summed E-state index contributed by atoms with van der Waals surface area (Å²) in [5.74, 6) is 0.774. The van der Waals surface area contributed by atoms with Crippen molar-refractivity contribution in [3.8, 4) is 5.75 Å². The molecule has 25 heavy (non-hydrogen) atoms.